The van der Waals surface area contributed by atoms with E-state index in [9.17, 15) is 0 Å². The number of hydrogen-bond donors (Lipinski definition) is 0. The van der Waals surface area contributed by atoms with Crippen molar-refractivity contribution in [3.8, 4) is 12.3 Å². The van der Waals surface area contributed by atoms with Crippen LogP contribution in [0, 0.1) is 12.3 Å². The summed E-state index contributed by atoms with van der Waals surface area (Å²) >= 11 is -1.76. The van der Waals surface area contributed by atoms with Gasteiger partial charge in [0, 0.05) is 0 Å². The zero-order chi connectivity index (χ0) is 8.20. The van der Waals surface area contributed by atoms with Crippen molar-refractivity contribution in [2.45, 2.75) is 27.7 Å². The van der Waals surface area contributed by atoms with E-state index in [0.717, 1.165) is 12.8 Å². The molecule has 0 spiro atoms. The van der Waals surface area contributed by atoms with E-state index in [4.69, 9.17) is 6.42 Å². The van der Waals surface area contributed by atoms with E-state index in [-0.39, 0.29) is 0 Å². The second-order valence-electron chi connectivity index (χ2n) is 3.56. The van der Waals surface area contributed by atoms with Crippen molar-refractivity contribution in [3.05, 3.63) is 10.2 Å². The summed E-state index contributed by atoms with van der Waals surface area (Å²) in [5.41, 5.74) is 0. The summed E-state index contributed by atoms with van der Waals surface area (Å²) in [4.78, 5) is 7.11. The molecule has 0 unspecified atom stereocenters. The zero-order valence-electron chi connectivity index (χ0n) is 7.20. The summed E-state index contributed by atoms with van der Waals surface area (Å²) in [5.74, 6) is 2.64. The van der Waals surface area contributed by atoms with E-state index in [1.165, 1.54) is 3.59 Å². The summed E-state index contributed by atoms with van der Waals surface area (Å²) in [6.45, 7) is 4.06. The summed E-state index contributed by atoms with van der Waals surface area (Å²) in [5, 5.41) is 0. The van der Waals surface area contributed by atoms with Gasteiger partial charge in [0.25, 0.3) is 0 Å². The minimum absolute atomic E-state index is 0.868. The van der Waals surface area contributed by atoms with E-state index in [1.54, 1.807) is 0 Å². The van der Waals surface area contributed by atoms with Crippen LogP contribution in [0.4, 0.5) is 0 Å². The van der Waals surface area contributed by atoms with Gasteiger partial charge in [-0.3, -0.25) is 0 Å². The van der Waals surface area contributed by atoms with Gasteiger partial charge in [0.05, 0.1) is 0 Å². The Hall–Kier alpha value is 0.0987. The molecule has 0 amide bonds. The van der Waals surface area contributed by atoms with Gasteiger partial charge < -0.3 is 0 Å². The molecule has 0 aliphatic carbocycles. The molecule has 0 fully saturated rings. The second-order valence-corrected chi connectivity index (χ2v) is 18.4. The van der Waals surface area contributed by atoms with Crippen LogP contribution in [0.25, 0.3) is 0 Å². The van der Waals surface area contributed by atoms with E-state index in [2.05, 4.69) is 27.3 Å². The molecule has 0 saturated carbocycles. The Morgan fingerprint density at radius 2 is 2.00 bits per heavy atom. The molecule has 0 aromatic rings. The Morgan fingerprint density at radius 1 is 1.50 bits per heavy atom. The number of allylic oxidation sites excluding steroid dienone is 1. The van der Waals surface area contributed by atoms with Crippen LogP contribution >= 0.6 is 0 Å². The average molecular weight is 243 g/mol. The summed E-state index contributed by atoms with van der Waals surface area (Å²) < 4.78 is 1.45. The molecule has 0 nitrogen and oxygen atoms in total. The second kappa shape index (κ2) is 4.08. The SMILES string of the molecule is C#CCC[C](=C)[Sn]([CH3])([CH3])[CH3]. The summed E-state index contributed by atoms with van der Waals surface area (Å²) in [6, 6.07) is 0. The normalized spacial score (nSPS) is 10.6. The molecule has 0 saturated heterocycles. The van der Waals surface area contributed by atoms with Crippen molar-refractivity contribution in [1.29, 1.82) is 0 Å². The number of hydrogen-bond acceptors (Lipinski definition) is 0. The molecule has 0 atom stereocenters. The molecule has 0 aromatic heterocycles. The Labute approximate surface area is 68.6 Å². The van der Waals surface area contributed by atoms with Crippen molar-refractivity contribution in [2.75, 3.05) is 0 Å². The van der Waals surface area contributed by atoms with Gasteiger partial charge in [-0.05, 0) is 0 Å². The Bertz CT molecular complexity index is 155. The molecule has 0 rings (SSSR count). The maximum atomic E-state index is 5.15. The van der Waals surface area contributed by atoms with E-state index in [1.807, 2.05) is 0 Å². The van der Waals surface area contributed by atoms with Gasteiger partial charge in [-0.2, -0.15) is 0 Å². The monoisotopic (exact) mass is 244 g/mol. The molecular weight excluding hydrogens is 227 g/mol. The van der Waals surface area contributed by atoms with Crippen molar-refractivity contribution < 1.29 is 0 Å². The number of terminal acetylenes is 1. The fourth-order valence-corrected chi connectivity index (χ4v) is 3.10. The topological polar surface area (TPSA) is 0 Å². The fourth-order valence-electron chi connectivity index (χ4n) is 0.598. The van der Waals surface area contributed by atoms with Crippen molar-refractivity contribution in [3.63, 3.8) is 0 Å². The first kappa shape index (κ1) is 10.1. The predicted octanol–water partition coefficient (Wildman–Crippen LogP) is 2.83. The van der Waals surface area contributed by atoms with Gasteiger partial charge in [-0.1, -0.05) is 0 Å². The molecule has 56 valence electrons. The minimum atomic E-state index is -1.76. The Morgan fingerprint density at radius 3 is 2.30 bits per heavy atom. The van der Waals surface area contributed by atoms with Crippen LogP contribution in [0.2, 0.25) is 14.8 Å². The Kier molecular flexibility index (Phi) is 4.12. The van der Waals surface area contributed by atoms with Gasteiger partial charge in [-0.25, -0.2) is 0 Å². The summed E-state index contributed by atoms with van der Waals surface area (Å²) in [7, 11) is 0. The first-order valence-electron chi connectivity index (χ1n) is 3.60. The third-order valence-corrected chi connectivity index (χ3v) is 8.40. The molecule has 0 N–H and O–H groups in total. The van der Waals surface area contributed by atoms with E-state index in [0.29, 0.717) is 0 Å². The van der Waals surface area contributed by atoms with Crippen LogP contribution in [-0.4, -0.2) is 18.4 Å². The molecule has 0 aromatic carbocycles. The number of rotatable bonds is 3. The third-order valence-electron chi connectivity index (χ3n) is 1.63. The van der Waals surface area contributed by atoms with Crippen LogP contribution < -0.4 is 0 Å². The zero-order valence-corrected chi connectivity index (χ0v) is 10.1. The molecule has 0 heterocycles. The molecule has 1 heteroatoms. The molecular formula is C9H16Sn. The van der Waals surface area contributed by atoms with Gasteiger partial charge >= 0.3 is 68.5 Å². The molecule has 0 bridgehead atoms. The Balaban J connectivity index is 3.78. The van der Waals surface area contributed by atoms with Gasteiger partial charge in [0.2, 0.25) is 0 Å². The average Bonchev–Trinajstić information content (AvgIpc) is 1.80. The molecule has 0 aliphatic rings. The van der Waals surface area contributed by atoms with Crippen LogP contribution in [0.5, 0.6) is 0 Å². The van der Waals surface area contributed by atoms with Crippen LogP contribution in [-0.2, 0) is 0 Å². The molecule has 0 radical (unpaired) electrons. The maximum absolute atomic E-state index is 5.15. The molecule has 0 aliphatic heterocycles. The molecule has 10 heavy (non-hydrogen) atoms. The van der Waals surface area contributed by atoms with Gasteiger partial charge in [0.1, 0.15) is 0 Å². The summed E-state index contributed by atoms with van der Waals surface area (Å²) in [6.07, 6.45) is 7.07. The van der Waals surface area contributed by atoms with Crippen molar-refractivity contribution >= 4 is 18.4 Å². The predicted molar refractivity (Wildman–Crippen MR) is 50.6 cm³/mol. The standard InChI is InChI=1S/C6H7.3CH3.Sn/c1-3-5-6-4-2;;;;/h1H,2,5-6H2;3*1H3;. The van der Waals surface area contributed by atoms with Gasteiger partial charge in [-0.15, -0.1) is 0 Å². The van der Waals surface area contributed by atoms with Crippen LogP contribution in [0.15, 0.2) is 10.2 Å². The quantitative estimate of drug-likeness (QED) is 0.528. The van der Waals surface area contributed by atoms with E-state index >= 15 is 0 Å². The first-order valence-corrected chi connectivity index (χ1v) is 13.6. The van der Waals surface area contributed by atoms with Crippen LogP contribution in [0.1, 0.15) is 12.8 Å². The fraction of sp³-hybridized carbons (Fsp3) is 0.556. The van der Waals surface area contributed by atoms with Crippen LogP contribution in [0.3, 0.4) is 0 Å². The first-order chi connectivity index (χ1) is 4.48. The van der Waals surface area contributed by atoms with Crippen molar-refractivity contribution in [1.82, 2.24) is 0 Å². The third kappa shape index (κ3) is 4.00. The van der Waals surface area contributed by atoms with E-state index < -0.39 is 18.4 Å². The van der Waals surface area contributed by atoms with Gasteiger partial charge in [0.15, 0.2) is 0 Å². The van der Waals surface area contributed by atoms with Crippen molar-refractivity contribution in [2.24, 2.45) is 0 Å².